The van der Waals surface area contributed by atoms with Crippen molar-refractivity contribution in [1.82, 2.24) is 4.90 Å². The van der Waals surface area contributed by atoms with Crippen molar-refractivity contribution in [2.24, 2.45) is 0 Å². The van der Waals surface area contributed by atoms with E-state index < -0.39 is 36.3 Å². The first-order valence-corrected chi connectivity index (χ1v) is 9.51. The predicted molar refractivity (Wildman–Crippen MR) is 106 cm³/mol. The van der Waals surface area contributed by atoms with E-state index in [9.17, 15) is 19.2 Å². The second kappa shape index (κ2) is 9.14. The van der Waals surface area contributed by atoms with Gasteiger partial charge in [-0.3, -0.25) is 19.3 Å². The van der Waals surface area contributed by atoms with Crippen LogP contribution in [0.5, 0.6) is 0 Å². The summed E-state index contributed by atoms with van der Waals surface area (Å²) in [5.74, 6) is -2.30. The molecular weight excluding hydrogens is 372 g/mol. The molecule has 0 spiro atoms. The van der Waals surface area contributed by atoms with E-state index in [-0.39, 0.29) is 17.5 Å². The van der Waals surface area contributed by atoms with Crippen molar-refractivity contribution in [2.75, 3.05) is 11.9 Å². The average Bonchev–Trinajstić information content (AvgIpc) is 2.99. The number of anilines is 1. The van der Waals surface area contributed by atoms with E-state index in [4.69, 9.17) is 4.74 Å². The molecule has 1 N–H and O–H groups in total. The fourth-order valence-corrected chi connectivity index (χ4v) is 3.19. The number of benzene rings is 2. The number of hydrogen-bond acceptors (Lipinski definition) is 5. The Balaban J connectivity index is 1.68. The van der Waals surface area contributed by atoms with Crippen molar-refractivity contribution >= 4 is 29.4 Å². The molecule has 3 amide bonds. The maximum Gasteiger partial charge on any atom is 0.329 e. The van der Waals surface area contributed by atoms with E-state index in [2.05, 4.69) is 5.32 Å². The van der Waals surface area contributed by atoms with Gasteiger partial charge in [0.05, 0.1) is 11.1 Å². The smallest absolute Gasteiger partial charge is 0.329 e. The highest BCUT2D eigenvalue weighted by atomic mass is 16.5. The number of ether oxygens (including phenoxy) is 1. The molecule has 0 fully saturated rings. The normalized spacial score (nSPS) is 13.8. The highest BCUT2D eigenvalue weighted by molar-refractivity contribution is 6.22. The van der Waals surface area contributed by atoms with Crippen LogP contribution in [0, 0.1) is 0 Å². The van der Waals surface area contributed by atoms with Gasteiger partial charge in [-0.05, 0) is 30.7 Å². The summed E-state index contributed by atoms with van der Waals surface area (Å²) in [6.07, 6.45) is 1.69. The molecule has 1 atom stereocenters. The molecular formula is C22H22N2O5. The first-order chi connectivity index (χ1) is 14.0. The summed E-state index contributed by atoms with van der Waals surface area (Å²) in [6, 6.07) is 14.2. The van der Waals surface area contributed by atoms with E-state index in [0.29, 0.717) is 12.1 Å². The Morgan fingerprint density at radius 2 is 1.55 bits per heavy atom. The van der Waals surface area contributed by atoms with Crippen LogP contribution >= 0.6 is 0 Å². The molecule has 0 radical (unpaired) electrons. The van der Waals surface area contributed by atoms with Gasteiger partial charge in [0.25, 0.3) is 17.7 Å². The third-order valence-electron chi connectivity index (χ3n) is 4.64. The molecule has 150 valence electrons. The lowest BCUT2D eigenvalue weighted by molar-refractivity contribution is -0.151. The van der Waals surface area contributed by atoms with Crippen LogP contribution in [0.2, 0.25) is 0 Å². The van der Waals surface area contributed by atoms with Crippen LogP contribution in [-0.2, 0) is 14.3 Å². The van der Waals surface area contributed by atoms with Crippen LogP contribution in [0.4, 0.5) is 5.69 Å². The Hall–Kier alpha value is -3.48. The van der Waals surface area contributed by atoms with Crippen molar-refractivity contribution in [3.8, 4) is 0 Å². The number of unbranched alkanes of at least 4 members (excludes halogenated alkanes) is 1. The lowest BCUT2D eigenvalue weighted by Gasteiger charge is -2.24. The quantitative estimate of drug-likeness (QED) is 0.549. The SMILES string of the molecule is CCCC[C@H](C(=O)OCC(=O)Nc1ccccc1)N1C(=O)c2ccccc2C1=O. The molecule has 3 rings (SSSR count). The second-order valence-corrected chi connectivity index (χ2v) is 6.71. The minimum Gasteiger partial charge on any atom is -0.454 e. The van der Waals surface area contributed by atoms with Crippen LogP contribution in [-0.4, -0.2) is 41.2 Å². The standard InChI is InChI=1S/C22H22N2O5/c1-2-3-13-18(24-20(26)16-11-7-8-12-17(16)21(24)27)22(28)29-14-19(25)23-15-9-5-4-6-10-15/h4-12,18H,2-3,13-14H2,1H3,(H,23,25)/t18-/m1/s1. The minimum absolute atomic E-state index is 0.272. The Kier molecular flexibility index (Phi) is 6.39. The largest absolute Gasteiger partial charge is 0.454 e. The second-order valence-electron chi connectivity index (χ2n) is 6.71. The lowest BCUT2D eigenvalue weighted by Crippen LogP contribution is -2.46. The molecule has 2 aromatic carbocycles. The third kappa shape index (κ3) is 4.51. The number of nitrogens with one attached hydrogen (secondary N) is 1. The maximum absolute atomic E-state index is 12.7. The summed E-state index contributed by atoms with van der Waals surface area (Å²) in [5.41, 5.74) is 1.12. The van der Waals surface area contributed by atoms with E-state index >= 15 is 0 Å². The van der Waals surface area contributed by atoms with Gasteiger partial charge in [0.2, 0.25) is 0 Å². The molecule has 1 aliphatic rings. The first-order valence-electron chi connectivity index (χ1n) is 9.51. The van der Waals surface area contributed by atoms with Crippen LogP contribution in [0.25, 0.3) is 0 Å². The average molecular weight is 394 g/mol. The molecule has 29 heavy (non-hydrogen) atoms. The van der Waals surface area contributed by atoms with Gasteiger partial charge in [0.15, 0.2) is 6.61 Å². The van der Waals surface area contributed by atoms with Crippen molar-refractivity contribution < 1.29 is 23.9 Å². The summed E-state index contributed by atoms with van der Waals surface area (Å²) < 4.78 is 5.15. The molecule has 7 heteroatoms. The van der Waals surface area contributed by atoms with Gasteiger partial charge in [-0.2, -0.15) is 0 Å². The number of amides is 3. The Labute approximate surface area is 168 Å². The minimum atomic E-state index is -1.06. The van der Waals surface area contributed by atoms with Gasteiger partial charge in [-0.15, -0.1) is 0 Å². The molecule has 2 aromatic rings. The van der Waals surface area contributed by atoms with Crippen LogP contribution in [0.1, 0.15) is 46.9 Å². The molecule has 0 aromatic heterocycles. The van der Waals surface area contributed by atoms with E-state index in [0.717, 1.165) is 11.3 Å². The van der Waals surface area contributed by atoms with Crippen molar-refractivity contribution in [3.63, 3.8) is 0 Å². The summed E-state index contributed by atoms with van der Waals surface area (Å²) in [7, 11) is 0. The summed E-state index contributed by atoms with van der Waals surface area (Å²) in [5, 5.41) is 2.62. The van der Waals surface area contributed by atoms with Crippen LogP contribution < -0.4 is 5.32 Å². The number of rotatable bonds is 8. The van der Waals surface area contributed by atoms with E-state index in [1.54, 1.807) is 48.5 Å². The fraction of sp³-hybridized carbons (Fsp3) is 0.273. The zero-order valence-electron chi connectivity index (χ0n) is 16.1. The van der Waals surface area contributed by atoms with Crippen LogP contribution in [0.15, 0.2) is 54.6 Å². The summed E-state index contributed by atoms with van der Waals surface area (Å²) >= 11 is 0. The monoisotopic (exact) mass is 394 g/mol. The van der Waals surface area contributed by atoms with E-state index in [1.165, 1.54) is 0 Å². The Morgan fingerprint density at radius 3 is 2.14 bits per heavy atom. The van der Waals surface area contributed by atoms with Crippen LogP contribution in [0.3, 0.4) is 0 Å². The predicted octanol–water partition coefficient (Wildman–Crippen LogP) is 3.02. The zero-order valence-corrected chi connectivity index (χ0v) is 16.1. The zero-order chi connectivity index (χ0) is 20.8. The molecule has 0 bridgehead atoms. The van der Waals surface area contributed by atoms with E-state index in [1.807, 2.05) is 13.0 Å². The number of fused-ring (bicyclic) bond motifs is 1. The Bertz CT molecular complexity index is 891. The highest BCUT2D eigenvalue weighted by Crippen LogP contribution is 2.26. The fourth-order valence-electron chi connectivity index (χ4n) is 3.19. The number of para-hydroxylation sites is 1. The number of carbonyl (C=O) groups excluding carboxylic acids is 4. The molecule has 0 saturated heterocycles. The van der Waals surface area contributed by atoms with Gasteiger partial charge in [-0.25, -0.2) is 4.79 Å². The number of hydrogen-bond donors (Lipinski definition) is 1. The van der Waals surface area contributed by atoms with Crippen molar-refractivity contribution in [2.45, 2.75) is 32.2 Å². The molecule has 0 unspecified atom stereocenters. The van der Waals surface area contributed by atoms with Gasteiger partial charge in [0.1, 0.15) is 6.04 Å². The number of imide groups is 1. The summed E-state index contributed by atoms with van der Waals surface area (Å²) in [6.45, 7) is 1.44. The van der Waals surface area contributed by atoms with Crippen molar-refractivity contribution in [1.29, 1.82) is 0 Å². The first kappa shape index (κ1) is 20.3. The van der Waals surface area contributed by atoms with Gasteiger partial charge in [0, 0.05) is 5.69 Å². The molecule has 7 nitrogen and oxygen atoms in total. The molecule has 1 heterocycles. The number of nitrogens with zero attached hydrogens (tertiary/aromatic N) is 1. The number of esters is 1. The molecule has 1 aliphatic heterocycles. The Morgan fingerprint density at radius 1 is 0.966 bits per heavy atom. The number of carbonyl (C=O) groups is 4. The maximum atomic E-state index is 12.7. The van der Waals surface area contributed by atoms with Gasteiger partial charge >= 0.3 is 5.97 Å². The molecule has 0 aliphatic carbocycles. The highest BCUT2D eigenvalue weighted by Gasteiger charge is 2.43. The molecule has 0 saturated carbocycles. The third-order valence-corrected chi connectivity index (χ3v) is 4.64. The summed E-state index contributed by atoms with van der Waals surface area (Å²) in [4.78, 5) is 51.1. The van der Waals surface area contributed by atoms with Gasteiger partial charge < -0.3 is 10.1 Å². The van der Waals surface area contributed by atoms with Crippen molar-refractivity contribution in [3.05, 3.63) is 65.7 Å². The topological polar surface area (TPSA) is 92.8 Å². The van der Waals surface area contributed by atoms with Gasteiger partial charge in [-0.1, -0.05) is 50.1 Å². The lowest BCUT2D eigenvalue weighted by atomic mass is 10.1.